The van der Waals surface area contributed by atoms with Crippen LogP contribution in [0.5, 0.6) is 0 Å². The average molecular weight is 270 g/mol. The van der Waals surface area contributed by atoms with E-state index in [1.807, 2.05) is 0 Å². The van der Waals surface area contributed by atoms with Crippen LogP contribution in [0.15, 0.2) is 5.38 Å². The lowest BCUT2D eigenvalue weighted by molar-refractivity contribution is -0.0507. The average Bonchev–Trinajstić information content (AvgIpc) is 2.86. The molecule has 0 bridgehead atoms. The van der Waals surface area contributed by atoms with E-state index < -0.39 is 0 Å². The van der Waals surface area contributed by atoms with Gasteiger partial charge >= 0.3 is 0 Å². The summed E-state index contributed by atoms with van der Waals surface area (Å²) in [5.41, 5.74) is 0.956. The Morgan fingerprint density at radius 1 is 1.28 bits per heavy atom. The van der Waals surface area contributed by atoms with Crippen LogP contribution >= 0.6 is 11.3 Å². The molecular weight excluding hydrogens is 244 g/mol. The van der Waals surface area contributed by atoms with Gasteiger partial charge in [0.1, 0.15) is 10.6 Å². The molecule has 0 aliphatic heterocycles. The van der Waals surface area contributed by atoms with Crippen LogP contribution in [0.3, 0.4) is 0 Å². The second-order valence-electron chi connectivity index (χ2n) is 4.46. The van der Waals surface area contributed by atoms with Crippen LogP contribution in [0.4, 0.5) is 0 Å². The first kappa shape index (κ1) is 15.6. The molecule has 0 amide bonds. The summed E-state index contributed by atoms with van der Waals surface area (Å²) in [5.74, 6) is 0. The van der Waals surface area contributed by atoms with Crippen molar-refractivity contribution in [3.63, 3.8) is 0 Å². The molecule has 0 saturated heterocycles. The molecule has 1 aromatic heterocycles. The van der Waals surface area contributed by atoms with Crippen LogP contribution in [0.2, 0.25) is 0 Å². The Balaban J connectivity index is 2.74. The van der Waals surface area contributed by atoms with Crippen LogP contribution < -0.4 is 5.32 Å². The zero-order valence-corrected chi connectivity index (χ0v) is 12.9. The van der Waals surface area contributed by atoms with Crippen LogP contribution in [-0.4, -0.2) is 18.1 Å². The molecule has 0 unspecified atom stereocenters. The van der Waals surface area contributed by atoms with Crippen LogP contribution in [-0.2, 0) is 16.9 Å². The maximum absolute atomic E-state index is 5.98. The van der Waals surface area contributed by atoms with Gasteiger partial charge in [0.15, 0.2) is 0 Å². The van der Waals surface area contributed by atoms with Gasteiger partial charge in [0, 0.05) is 18.5 Å². The number of aromatic nitrogens is 1. The quantitative estimate of drug-likeness (QED) is 0.695. The predicted octanol–water partition coefficient (Wildman–Crippen LogP) is 3.69. The summed E-state index contributed by atoms with van der Waals surface area (Å²) in [6, 6.07) is 0. The largest absolute Gasteiger partial charge is 0.368 e. The van der Waals surface area contributed by atoms with Crippen molar-refractivity contribution in [3.05, 3.63) is 16.1 Å². The Morgan fingerprint density at radius 3 is 2.56 bits per heavy atom. The van der Waals surface area contributed by atoms with E-state index in [1.165, 1.54) is 0 Å². The number of rotatable bonds is 9. The second-order valence-corrected chi connectivity index (χ2v) is 5.31. The highest BCUT2D eigenvalue weighted by molar-refractivity contribution is 7.09. The maximum Gasteiger partial charge on any atom is 0.125 e. The Kier molecular flexibility index (Phi) is 6.82. The molecule has 1 N–H and O–H groups in total. The number of nitrogens with one attached hydrogen (secondary N) is 1. The van der Waals surface area contributed by atoms with E-state index in [2.05, 4.69) is 38.4 Å². The van der Waals surface area contributed by atoms with E-state index in [1.54, 1.807) is 11.3 Å². The molecule has 1 heterocycles. The minimum atomic E-state index is -0.178. The van der Waals surface area contributed by atoms with E-state index in [9.17, 15) is 0 Å². The molecule has 4 heteroatoms. The summed E-state index contributed by atoms with van der Waals surface area (Å²) >= 11 is 1.73. The first-order chi connectivity index (χ1) is 8.72. The molecule has 0 spiro atoms. The third-order valence-electron chi connectivity index (χ3n) is 3.24. The third kappa shape index (κ3) is 3.77. The summed E-state index contributed by atoms with van der Waals surface area (Å²) in [6.07, 6.45) is 3.11. The molecule has 0 atom stereocenters. The molecule has 0 aliphatic carbocycles. The zero-order valence-electron chi connectivity index (χ0n) is 12.1. The highest BCUT2D eigenvalue weighted by Gasteiger charge is 2.32. The highest BCUT2D eigenvalue weighted by Crippen LogP contribution is 2.35. The number of ether oxygens (including phenoxy) is 1. The fourth-order valence-electron chi connectivity index (χ4n) is 2.09. The fourth-order valence-corrected chi connectivity index (χ4v) is 3.20. The molecule has 18 heavy (non-hydrogen) atoms. The summed E-state index contributed by atoms with van der Waals surface area (Å²) in [4.78, 5) is 4.75. The summed E-state index contributed by atoms with van der Waals surface area (Å²) in [7, 11) is 0. The standard InChI is InChI=1S/C14H26N2OS/c1-5-9-15-10-12-11-18-13(16-12)14(6-2,7-3)17-8-4/h11,15H,5-10H2,1-4H3. The molecule has 1 rings (SSSR count). The van der Waals surface area contributed by atoms with Gasteiger partial charge in [-0.2, -0.15) is 0 Å². The van der Waals surface area contributed by atoms with Crippen molar-refractivity contribution in [2.75, 3.05) is 13.2 Å². The Labute approximate surface area is 115 Å². The lowest BCUT2D eigenvalue weighted by Crippen LogP contribution is -2.28. The van der Waals surface area contributed by atoms with Crippen LogP contribution in [0.1, 0.15) is 57.7 Å². The number of hydrogen-bond donors (Lipinski definition) is 1. The lowest BCUT2D eigenvalue weighted by Gasteiger charge is -2.29. The number of hydrogen-bond acceptors (Lipinski definition) is 4. The minimum Gasteiger partial charge on any atom is -0.368 e. The van der Waals surface area contributed by atoms with E-state index in [0.29, 0.717) is 0 Å². The first-order valence-corrected chi connectivity index (χ1v) is 7.89. The van der Waals surface area contributed by atoms with Gasteiger partial charge in [-0.25, -0.2) is 4.98 Å². The molecule has 1 aromatic rings. The van der Waals surface area contributed by atoms with Gasteiger partial charge in [-0.3, -0.25) is 0 Å². The monoisotopic (exact) mass is 270 g/mol. The van der Waals surface area contributed by atoms with Gasteiger partial charge in [-0.05, 0) is 32.7 Å². The molecule has 0 saturated carbocycles. The van der Waals surface area contributed by atoms with Gasteiger partial charge in [0.05, 0.1) is 5.69 Å². The Morgan fingerprint density at radius 2 is 2.00 bits per heavy atom. The Bertz CT molecular complexity index is 334. The zero-order chi connectivity index (χ0) is 13.4. The second kappa shape index (κ2) is 7.87. The van der Waals surface area contributed by atoms with Gasteiger partial charge in [0.2, 0.25) is 0 Å². The minimum absolute atomic E-state index is 0.178. The van der Waals surface area contributed by atoms with Crippen molar-refractivity contribution in [2.45, 2.75) is 59.1 Å². The van der Waals surface area contributed by atoms with Crippen molar-refractivity contribution in [1.29, 1.82) is 0 Å². The van der Waals surface area contributed by atoms with Crippen molar-refractivity contribution >= 4 is 11.3 Å². The summed E-state index contributed by atoms with van der Waals surface area (Å²) < 4.78 is 5.98. The van der Waals surface area contributed by atoms with Crippen molar-refractivity contribution in [3.8, 4) is 0 Å². The van der Waals surface area contributed by atoms with Gasteiger partial charge in [0.25, 0.3) is 0 Å². The van der Waals surface area contributed by atoms with E-state index in [4.69, 9.17) is 9.72 Å². The molecule has 0 aromatic carbocycles. The maximum atomic E-state index is 5.98. The van der Waals surface area contributed by atoms with Crippen LogP contribution in [0.25, 0.3) is 0 Å². The SMILES string of the molecule is CCCNCc1csc(C(CC)(CC)OCC)n1. The molecule has 0 aliphatic rings. The van der Waals surface area contributed by atoms with Crippen molar-refractivity contribution < 1.29 is 4.74 Å². The predicted molar refractivity (Wildman–Crippen MR) is 78.0 cm³/mol. The van der Waals surface area contributed by atoms with Crippen LogP contribution in [0, 0.1) is 0 Å². The van der Waals surface area contributed by atoms with Gasteiger partial charge in [-0.15, -0.1) is 11.3 Å². The lowest BCUT2D eigenvalue weighted by atomic mass is 9.98. The van der Waals surface area contributed by atoms with E-state index in [0.717, 1.165) is 49.7 Å². The van der Waals surface area contributed by atoms with E-state index >= 15 is 0 Å². The normalized spacial score (nSPS) is 12.0. The third-order valence-corrected chi connectivity index (χ3v) is 4.31. The molecule has 3 nitrogen and oxygen atoms in total. The molecule has 0 radical (unpaired) electrons. The first-order valence-electron chi connectivity index (χ1n) is 7.01. The smallest absolute Gasteiger partial charge is 0.125 e. The van der Waals surface area contributed by atoms with E-state index in [-0.39, 0.29) is 5.60 Å². The van der Waals surface area contributed by atoms with Crippen molar-refractivity contribution in [2.24, 2.45) is 0 Å². The summed E-state index contributed by atoms with van der Waals surface area (Å²) in [5, 5.41) is 6.66. The van der Waals surface area contributed by atoms with Gasteiger partial charge in [-0.1, -0.05) is 20.8 Å². The van der Waals surface area contributed by atoms with Crippen molar-refractivity contribution in [1.82, 2.24) is 10.3 Å². The fraction of sp³-hybridized carbons (Fsp3) is 0.786. The molecular formula is C14H26N2OS. The highest BCUT2D eigenvalue weighted by atomic mass is 32.1. The topological polar surface area (TPSA) is 34.1 Å². The number of nitrogens with zero attached hydrogens (tertiary/aromatic N) is 1. The summed E-state index contributed by atoms with van der Waals surface area (Å²) in [6.45, 7) is 11.2. The number of thiazole rings is 1. The molecule has 0 fully saturated rings. The van der Waals surface area contributed by atoms with Gasteiger partial charge < -0.3 is 10.1 Å². The Hall–Kier alpha value is -0.450. The molecule has 104 valence electrons.